The molecule has 0 saturated carbocycles. The van der Waals surface area contributed by atoms with Gasteiger partial charge in [0.2, 0.25) is 13.3 Å². The second-order valence-corrected chi connectivity index (χ2v) is 9.96. The summed E-state index contributed by atoms with van der Waals surface area (Å²) < 4.78 is 20.7. The van der Waals surface area contributed by atoms with E-state index in [0.29, 0.717) is 46.1 Å². The van der Waals surface area contributed by atoms with Crippen LogP contribution >= 0.6 is 23.3 Å². The van der Waals surface area contributed by atoms with Crippen molar-refractivity contribution in [2.75, 3.05) is 30.9 Å². The lowest BCUT2D eigenvalue weighted by molar-refractivity contribution is 0.345. The topological polar surface area (TPSA) is 108 Å². The first-order chi connectivity index (χ1) is 13.9. The Hall–Kier alpha value is -1.96. The molecule has 0 amide bonds. The van der Waals surface area contributed by atoms with Crippen molar-refractivity contribution < 1.29 is 9.09 Å². The second-order valence-electron chi connectivity index (χ2n) is 6.79. The largest absolute Gasteiger partial charge is 0.382 e. The Morgan fingerprint density at radius 1 is 1.28 bits per heavy atom. The van der Waals surface area contributed by atoms with Gasteiger partial charge in [0, 0.05) is 18.5 Å². The predicted molar refractivity (Wildman–Crippen MR) is 121 cm³/mol. The van der Waals surface area contributed by atoms with Crippen molar-refractivity contribution in [2.45, 2.75) is 33.2 Å². The van der Waals surface area contributed by atoms with Crippen molar-refractivity contribution in [1.29, 1.82) is 0 Å². The Morgan fingerprint density at radius 2 is 2.07 bits per heavy atom. The van der Waals surface area contributed by atoms with E-state index in [1.54, 1.807) is 6.66 Å². The quantitative estimate of drug-likeness (QED) is 0.270. The molecule has 0 saturated heterocycles. The number of imidazole rings is 1. The van der Waals surface area contributed by atoms with Crippen molar-refractivity contribution >= 4 is 51.5 Å². The lowest BCUT2D eigenvalue weighted by atomic mass is 10.2. The zero-order valence-electron chi connectivity index (χ0n) is 16.9. The highest BCUT2D eigenvalue weighted by molar-refractivity contribution is 9.10. The molecule has 0 aliphatic rings. The smallest absolute Gasteiger partial charge is 0.229 e. The summed E-state index contributed by atoms with van der Waals surface area (Å²) in [5.74, 6) is 0.817. The van der Waals surface area contributed by atoms with Crippen LogP contribution in [0.3, 0.4) is 0 Å². The lowest BCUT2D eigenvalue weighted by Crippen LogP contribution is -2.11. The molecule has 0 aliphatic heterocycles. The van der Waals surface area contributed by atoms with Gasteiger partial charge in [-0.15, -0.1) is 0 Å². The zero-order valence-corrected chi connectivity index (χ0v) is 19.3. The van der Waals surface area contributed by atoms with Gasteiger partial charge in [0.25, 0.3) is 0 Å². The number of aromatic nitrogens is 4. The number of halogens is 1. The highest BCUT2D eigenvalue weighted by Crippen LogP contribution is 2.41. The molecule has 1 atom stereocenters. The number of nitrogens with zero attached hydrogens (tertiary/aromatic N) is 4. The molecule has 2 aromatic heterocycles. The van der Waals surface area contributed by atoms with Gasteiger partial charge in [0.1, 0.15) is 0 Å². The van der Waals surface area contributed by atoms with Gasteiger partial charge in [-0.3, -0.25) is 9.13 Å². The Balaban J connectivity index is 1.96. The molecule has 3 aromatic rings. The molecule has 8 nitrogen and oxygen atoms in total. The van der Waals surface area contributed by atoms with E-state index in [9.17, 15) is 4.57 Å². The Bertz CT molecular complexity index is 1050. The van der Waals surface area contributed by atoms with Crippen LogP contribution in [-0.4, -0.2) is 39.3 Å². The molecule has 3 N–H and O–H groups in total. The van der Waals surface area contributed by atoms with E-state index in [4.69, 9.17) is 10.3 Å². The number of hydrogen-bond donors (Lipinski definition) is 2. The van der Waals surface area contributed by atoms with Crippen LogP contribution in [0.4, 0.5) is 11.8 Å². The maximum Gasteiger partial charge on any atom is 0.229 e. The summed E-state index contributed by atoms with van der Waals surface area (Å²) >= 11 is 3.50. The fourth-order valence-electron chi connectivity index (χ4n) is 3.00. The summed E-state index contributed by atoms with van der Waals surface area (Å²) in [5, 5.41) is 3.90. The van der Waals surface area contributed by atoms with Gasteiger partial charge in [0.15, 0.2) is 21.7 Å². The number of anilines is 2. The molecule has 0 radical (unpaired) electrons. The molecule has 1 unspecified atom stereocenters. The lowest BCUT2D eigenvalue weighted by Gasteiger charge is -2.14. The van der Waals surface area contributed by atoms with Crippen LogP contribution in [0, 0.1) is 0 Å². The van der Waals surface area contributed by atoms with Crippen LogP contribution in [0.15, 0.2) is 29.0 Å². The summed E-state index contributed by atoms with van der Waals surface area (Å²) in [7, 11) is -2.85. The standard InChI is InChI=1S/C19H26BrN6O2P/c1-4-6-10-22-19-24-16(21)15-17(25-19)26(18(20)23-15)12-13-8-7-9-14(11-13)29(3,27)28-5-2/h7-9,11H,4-6,10,12H2,1-3H3,(H3,21,22,24,25). The maximum atomic E-state index is 12.8. The highest BCUT2D eigenvalue weighted by Gasteiger charge is 2.20. The van der Waals surface area contributed by atoms with Gasteiger partial charge in [-0.1, -0.05) is 25.5 Å². The van der Waals surface area contributed by atoms with E-state index >= 15 is 0 Å². The fourth-order valence-corrected chi connectivity index (χ4v) is 4.87. The third-order valence-corrected chi connectivity index (χ3v) is 7.06. The molecule has 0 aliphatic carbocycles. The fraction of sp³-hybridized carbons (Fsp3) is 0.421. The van der Waals surface area contributed by atoms with Crippen molar-refractivity contribution in [3.8, 4) is 0 Å². The minimum Gasteiger partial charge on any atom is -0.382 e. The summed E-state index contributed by atoms with van der Waals surface area (Å²) in [6.45, 7) is 7.27. The average Bonchev–Trinajstić information content (AvgIpc) is 2.99. The van der Waals surface area contributed by atoms with E-state index < -0.39 is 7.37 Å². The summed E-state index contributed by atoms with van der Waals surface area (Å²) in [5.41, 5.74) is 8.25. The summed E-state index contributed by atoms with van der Waals surface area (Å²) in [6, 6.07) is 7.59. The number of fused-ring (bicyclic) bond motifs is 1. The normalized spacial score (nSPS) is 13.5. The Labute approximate surface area is 178 Å². The number of rotatable bonds is 9. The summed E-state index contributed by atoms with van der Waals surface area (Å²) in [4.78, 5) is 13.4. The van der Waals surface area contributed by atoms with Gasteiger partial charge < -0.3 is 15.6 Å². The van der Waals surface area contributed by atoms with Gasteiger partial charge in [-0.2, -0.15) is 9.97 Å². The molecule has 1 aromatic carbocycles. The average molecular weight is 481 g/mol. The summed E-state index contributed by atoms with van der Waals surface area (Å²) in [6.07, 6.45) is 2.10. The first-order valence-corrected chi connectivity index (χ1v) is 12.5. The van der Waals surface area contributed by atoms with Crippen LogP contribution in [-0.2, 0) is 15.6 Å². The van der Waals surface area contributed by atoms with Crippen LogP contribution in [0.25, 0.3) is 11.2 Å². The van der Waals surface area contributed by atoms with Crippen LogP contribution in [0.1, 0.15) is 32.3 Å². The van der Waals surface area contributed by atoms with Crippen molar-refractivity contribution in [1.82, 2.24) is 19.5 Å². The van der Waals surface area contributed by atoms with Crippen LogP contribution in [0.5, 0.6) is 0 Å². The molecule has 29 heavy (non-hydrogen) atoms. The number of benzene rings is 1. The SMILES string of the molecule is CCCCNc1nc(N)c2nc(Br)n(Cc3cccc(P(C)(=O)OCC)c3)c2n1. The van der Waals surface area contributed by atoms with E-state index in [1.807, 2.05) is 35.8 Å². The van der Waals surface area contributed by atoms with E-state index in [2.05, 4.69) is 43.1 Å². The number of nitrogens with one attached hydrogen (secondary N) is 1. The van der Waals surface area contributed by atoms with E-state index in [1.165, 1.54) is 0 Å². The molecule has 3 rings (SSSR count). The number of unbranched alkanes of at least 4 members (excludes halogenated alkanes) is 1. The molecule has 0 bridgehead atoms. The second kappa shape index (κ2) is 9.24. The van der Waals surface area contributed by atoms with Gasteiger partial charge in [0.05, 0.1) is 13.2 Å². The van der Waals surface area contributed by atoms with E-state index in [0.717, 1.165) is 24.9 Å². The van der Waals surface area contributed by atoms with Gasteiger partial charge >= 0.3 is 0 Å². The third kappa shape index (κ3) is 4.97. The first kappa shape index (κ1) is 21.7. The Kier molecular flexibility index (Phi) is 6.93. The number of hydrogen-bond acceptors (Lipinski definition) is 7. The highest BCUT2D eigenvalue weighted by atomic mass is 79.9. The number of nitrogen functional groups attached to an aromatic ring is 1. The third-order valence-electron chi connectivity index (χ3n) is 4.48. The van der Waals surface area contributed by atoms with E-state index in [-0.39, 0.29) is 0 Å². The minimum atomic E-state index is -2.85. The van der Waals surface area contributed by atoms with Gasteiger partial charge in [-0.25, -0.2) is 4.98 Å². The molecular weight excluding hydrogens is 455 g/mol. The number of nitrogens with two attached hydrogens (primary N) is 1. The van der Waals surface area contributed by atoms with Crippen molar-refractivity contribution in [2.24, 2.45) is 0 Å². The molecule has 0 spiro atoms. The molecule has 2 heterocycles. The first-order valence-electron chi connectivity index (χ1n) is 9.60. The van der Waals surface area contributed by atoms with Crippen LogP contribution < -0.4 is 16.4 Å². The van der Waals surface area contributed by atoms with Crippen molar-refractivity contribution in [3.05, 3.63) is 34.6 Å². The van der Waals surface area contributed by atoms with Gasteiger partial charge in [-0.05, 0) is 47.0 Å². The predicted octanol–water partition coefficient (Wildman–Crippen LogP) is 4.00. The zero-order chi connectivity index (χ0) is 21.0. The Morgan fingerprint density at radius 3 is 2.79 bits per heavy atom. The minimum absolute atomic E-state index is 0.330. The maximum absolute atomic E-state index is 12.8. The molecular formula is C19H26BrN6O2P. The molecule has 156 valence electrons. The molecule has 0 fully saturated rings. The molecule has 10 heteroatoms. The van der Waals surface area contributed by atoms with Crippen molar-refractivity contribution in [3.63, 3.8) is 0 Å². The van der Waals surface area contributed by atoms with Crippen LogP contribution in [0.2, 0.25) is 0 Å². The monoisotopic (exact) mass is 480 g/mol.